The summed E-state index contributed by atoms with van der Waals surface area (Å²) < 4.78 is 0. The fourth-order valence-corrected chi connectivity index (χ4v) is 5.28. The molecule has 0 aromatic carbocycles. The summed E-state index contributed by atoms with van der Waals surface area (Å²) in [6, 6.07) is 1.53. The van der Waals surface area contributed by atoms with Gasteiger partial charge < -0.3 is 10.6 Å². The van der Waals surface area contributed by atoms with Crippen LogP contribution in [0.15, 0.2) is 0 Å². The molecule has 1 aliphatic carbocycles. The molecule has 2 atom stereocenters. The first-order valence-electron chi connectivity index (χ1n) is 9.37. The van der Waals surface area contributed by atoms with E-state index in [4.69, 9.17) is 5.73 Å². The summed E-state index contributed by atoms with van der Waals surface area (Å²) in [5, 5.41) is 0. The quantitative estimate of drug-likeness (QED) is 0.868. The fraction of sp³-hybridized carbons (Fsp3) is 1.00. The molecule has 0 spiro atoms. The van der Waals surface area contributed by atoms with E-state index in [2.05, 4.69) is 23.6 Å². The van der Waals surface area contributed by atoms with Gasteiger partial charge in [0.1, 0.15) is 0 Å². The SMILES string of the molecule is CC(C)N1CCC(CN)(N2CCC[C@H]3CCCC[C@H]32)CC1. The lowest BCUT2D eigenvalue weighted by atomic mass is 9.74. The molecule has 2 aliphatic heterocycles. The number of nitrogens with two attached hydrogens (primary N) is 1. The molecule has 3 nitrogen and oxygen atoms in total. The Bertz CT molecular complexity index is 331. The van der Waals surface area contributed by atoms with Crippen molar-refractivity contribution < 1.29 is 0 Å². The van der Waals surface area contributed by atoms with Crippen LogP contribution in [0.1, 0.15) is 65.2 Å². The van der Waals surface area contributed by atoms with Gasteiger partial charge in [0.05, 0.1) is 0 Å². The Balaban J connectivity index is 1.73. The normalized spacial score (nSPS) is 34.9. The molecule has 3 aliphatic rings. The third kappa shape index (κ3) is 3.02. The first kappa shape index (κ1) is 15.8. The van der Waals surface area contributed by atoms with Crippen molar-refractivity contribution in [2.24, 2.45) is 11.7 Å². The van der Waals surface area contributed by atoms with E-state index >= 15 is 0 Å². The minimum absolute atomic E-state index is 0.312. The van der Waals surface area contributed by atoms with E-state index in [0.717, 1.165) is 18.5 Å². The molecule has 3 fully saturated rings. The van der Waals surface area contributed by atoms with Crippen molar-refractivity contribution in [1.29, 1.82) is 0 Å². The molecule has 0 radical (unpaired) electrons. The molecule has 2 N–H and O–H groups in total. The van der Waals surface area contributed by atoms with Gasteiger partial charge in [-0.25, -0.2) is 0 Å². The van der Waals surface area contributed by atoms with Gasteiger partial charge in [-0.15, -0.1) is 0 Å². The van der Waals surface area contributed by atoms with Crippen LogP contribution in [0.4, 0.5) is 0 Å². The Labute approximate surface area is 131 Å². The van der Waals surface area contributed by atoms with Crippen LogP contribution in [0.3, 0.4) is 0 Å². The van der Waals surface area contributed by atoms with Crippen molar-refractivity contribution in [3.8, 4) is 0 Å². The molecule has 2 heterocycles. The van der Waals surface area contributed by atoms with Gasteiger partial charge in [0.25, 0.3) is 0 Å². The molecule has 122 valence electrons. The highest BCUT2D eigenvalue weighted by Crippen LogP contribution is 2.41. The van der Waals surface area contributed by atoms with E-state index in [1.807, 2.05) is 0 Å². The number of hydrogen-bond donors (Lipinski definition) is 1. The zero-order valence-electron chi connectivity index (χ0n) is 14.2. The Morgan fingerprint density at radius 3 is 2.33 bits per heavy atom. The maximum absolute atomic E-state index is 6.35. The van der Waals surface area contributed by atoms with Gasteiger partial charge in [0, 0.05) is 37.3 Å². The second kappa shape index (κ2) is 6.55. The first-order chi connectivity index (χ1) is 10.2. The summed E-state index contributed by atoms with van der Waals surface area (Å²) in [5.41, 5.74) is 6.66. The number of fused-ring (bicyclic) bond motifs is 1. The standard InChI is InChI=1S/C18H35N3/c1-15(2)20-12-9-18(14-19,10-13-20)21-11-5-7-16-6-3-4-8-17(16)21/h15-17H,3-14,19H2,1-2H3/t16-,17-/m1/s1. The lowest BCUT2D eigenvalue weighted by Crippen LogP contribution is -2.65. The van der Waals surface area contributed by atoms with E-state index in [9.17, 15) is 0 Å². The van der Waals surface area contributed by atoms with Crippen LogP contribution in [-0.4, -0.2) is 53.6 Å². The second-order valence-corrected chi connectivity index (χ2v) is 8.01. The van der Waals surface area contributed by atoms with Crippen LogP contribution < -0.4 is 5.73 Å². The van der Waals surface area contributed by atoms with Crippen LogP contribution in [0.5, 0.6) is 0 Å². The minimum Gasteiger partial charge on any atom is -0.329 e. The molecule has 21 heavy (non-hydrogen) atoms. The van der Waals surface area contributed by atoms with Crippen LogP contribution in [0, 0.1) is 5.92 Å². The van der Waals surface area contributed by atoms with Gasteiger partial charge in [-0.05, 0) is 64.8 Å². The molecule has 0 unspecified atom stereocenters. The minimum atomic E-state index is 0.312. The zero-order valence-corrected chi connectivity index (χ0v) is 14.2. The van der Waals surface area contributed by atoms with Gasteiger partial charge >= 0.3 is 0 Å². The fourth-order valence-electron chi connectivity index (χ4n) is 5.28. The molecule has 0 aromatic heterocycles. The molecular weight excluding hydrogens is 258 g/mol. The molecular formula is C18H35N3. The molecule has 3 rings (SSSR count). The summed E-state index contributed by atoms with van der Waals surface area (Å²) in [5.74, 6) is 0.971. The van der Waals surface area contributed by atoms with Gasteiger partial charge in [-0.1, -0.05) is 12.8 Å². The van der Waals surface area contributed by atoms with Crippen LogP contribution in [0.25, 0.3) is 0 Å². The first-order valence-corrected chi connectivity index (χ1v) is 9.37. The highest BCUT2D eigenvalue weighted by atomic mass is 15.3. The van der Waals surface area contributed by atoms with Crippen LogP contribution in [0.2, 0.25) is 0 Å². The monoisotopic (exact) mass is 293 g/mol. The lowest BCUT2D eigenvalue weighted by Gasteiger charge is -2.56. The molecule has 0 aromatic rings. The Kier molecular flexibility index (Phi) is 4.92. The summed E-state index contributed by atoms with van der Waals surface area (Å²) in [4.78, 5) is 5.54. The highest BCUT2D eigenvalue weighted by molar-refractivity contribution is 5.02. The van der Waals surface area contributed by atoms with Gasteiger partial charge in [-0.2, -0.15) is 0 Å². The molecule has 0 bridgehead atoms. The number of hydrogen-bond acceptors (Lipinski definition) is 3. The maximum atomic E-state index is 6.35. The van der Waals surface area contributed by atoms with Crippen LogP contribution >= 0.6 is 0 Å². The highest BCUT2D eigenvalue weighted by Gasteiger charge is 2.45. The summed E-state index contributed by atoms with van der Waals surface area (Å²) in [6.45, 7) is 9.30. The number of nitrogens with zero attached hydrogens (tertiary/aromatic N) is 2. The molecule has 3 heteroatoms. The van der Waals surface area contributed by atoms with Crippen LogP contribution in [-0.2, 0) is 0 Å². The second-order valence-electron chi connectivity index (χ2n) is 8.01. The van der Waals surface area contributed by atoms with Crippen molar-refractivity contribution in [3.63, 3.8) is 0 Å². The van der Waals surface area contributed by atoms with Crippen molar-refractivity contribution in [1.82, 2.24) is 9.80 Å². The van der Waals surface area contributed by atoms with Gasteiger partial charge in [0.2, 0.25) is 0 Å². The van der Waals surface area contributed by atoms with Crippen molar-refractivity contribution >= 4 is 0 Å². The summed E-state index contributed by atoms with van der Waals surface area (Å²) >= 11 is 0. The molecule has 0 amide bonds. The number of likely N-dealkylation sites (tertiary alicyclic amines) is 2. The Morgan fingerprint density at radius 2 is 1.67 bits per heavy atom. The smallest absolute Gasteiger partial charge is 0.0359 e. The van der Waals surface area contributed by atoms with E-state index in [1.54, 1.807) is 0 Å². The maximum Gasteiger partial charge on any atom is 0.0359 e. The topological polar surface area (TPSA) is 32.5 Å². The molecule has 2 saturated heterocycles. The number of piperidine rings is 2. The number of rotatable bonds is 3. The van der Waals surface area contributed by atoms with Gasteiger partial charge in [-0.3, -0.25) is 4.90 Å². The average molecular weight is 293 g/mol. The Hall–Kier alpha value is -0.120. The van der Waals surface area contributed by atoms with Gasteiger partial charge in [0.15, 0.2) is 0 Å². The van der Waals surface area contributed by atoms with E-state index in [-0.39, 0.29) is 0 Å². The summed E-state index contributed by atoms with van der Waals surface area (Å²) in [7, 11) is 0. The third-order valence-corrected chi connectivity index (χ3v) is 6.69. The van der Waals surface area contributed by atoms with E-state index < -0.39 is 0 Å². The predicted octanol–water partition coefficient (Wildman–Crippen LogP) is 2.84. The van der Waals surface area contributed by atoms with E-state index in [0.29, 0.717) is 11.6 Å². The summed E-state index contributed by atoms with van der Waals surface area (Å²) in [6.07, 6.45) is 11.2. The third-order valence-electron chi connectivity index (χ3n) is 6.69. The zero-order chi connectivity index (χ0) is 14.9. The predicted molar refractivity (Wildman–Crippen MR) is 89.4 cm³/mol. The lowest BCUT2D eigenvalue weighted by molar-refractivity contribution is -0.0573. The van der Waals surface area contributed by atoms with Crippen molar-refractivity contribution in [3.05, 3.63) is 0 Å². The Morgan fingerprint density at radius 1 is 1.00 bits per heavy atom. The average Bonchev–Trinajstić information content (AvgIpc) is 2.54. The van der Waals surface area contributed by atoms with Crippen molar-refractivity contribution in [2.75, 3.05) is 26.2 Å². The molecule has 1 saturated carbocycles. The largest absolute Gasteiger partial charge is 0.329 e. The van der Waals surface area contributed by atoms with E-state index in [1.165, 1.54) is 71.0 Å². The van der Waals surface area contributed by atoms with Crippen molar-refractivity contribution in [2.45, 2.75) is 82.8 Å².